The van der Waals surface area contributed by atoms with Gasteiger partial charge in [-0.3, -0.25) is 9.79 Å². The fraction of sp³-hybridized carbons (Fsp3) is 0.857. The SMILES string of the molecule is CCCCCCN[C@H](C(=O)O)C(C)CCCN=C(N)N. The average Bonchev–Trinajstić information content (AvgIpc) is 2.38. The predicted molar refractivity (Wildman–Crippen MR) is 82.6 cm³/mol. The number of guanidine groups is 1. The molecule has 0 aliphatic rings. The normalized spacial score (nSPS) is 13.7. The molecule has 0 aliphatic heterocycles. The van der Waals surface area contributed by atoms with Gasteiger partial charge in [-0.15, -0.1) is 0 Å². The Balaban J connectivity index is 3.97. The zero-order valence-electron chi connectivity index (χ0n) is 12.8. The Hall–Kier alpha value is -1.30. The van der Waals surface area contributed by atoms with Crippen LogP contribution in [0.3, 0.4) is 0 Å². The third kappa shape index (κ3) is 9.61. The molecule has 0 aromatic carbocycles. The molecular formula is C14H30N4O2. The van der Waals surface area contributed by atoms with Gasteiger partial charge >= 0.3 is 5.97 Å². The number of rotatable bonds is 12. The Morgan fingerprint density at radius 1 is 1.25 bits per heavy atom. The van der Waals surface area contributed by atoms with Gasteiger partial charge in [0, 0.05) is 6.54 Å². The molecule has 0 aromatic heterocycles. The summed E-state index contributed by atoms with van der Waals surface area (Å²) in [4.78, 5) is 15.2. The first-order valence-electron chi connectivity index (χ1n) is 7.50. The number of hydrogen-bond donors (Lipinski definition) is 4. The molecule has 6 N–H and O–H groups in total. The maximum atomic E-state index is 11.3. The lowest BCUT2D eigenvalue weighted by Crippen LogP contribution is -2.42. The van der Waals surface area contributed by atoms with E-state index in [1.54, 1.807) is 0 Å². The average molecular weight is 286 g/mol. The minimum atomic E-state index is -0.783. The molecule has 0 radical (unpaired) electrons. The van der Waals surface area contributed by atoms with Crippen LogP contribution in [0.1, 0.15) is 52.4 Å². The van der Waals surface area contributed by atoms with Crippen LogP contribution in [-0.2, 0) is 4.79 Å². The molecule has 0 saturated heterocycles. The van der Waals surface area contributed by atoms with Crippen LogP contribution >= 0.6 is 0 Å². The number of aliphatic imine (C=N–C) groups is 1. The lowest BCUT2D eigenvalue weighted by molar-refractivity contribution is -0.140. The first-order chi connectivity index (χ1) is 9.49. The third-order valence-corrected chi connectivity index (χ3v) is 3.34. The Bertz CT molecular complexity index is 291. The van der Waals surface area contributed by atoms with Crippen LogP contribution in [0.25, 0.3) is 0 Å². The van der Waals surface area contributed by atoms with Crippen molar-refractivity contribution in [3.8, 4) is 0 Å². The van der Waals surface area contributed by atoms with Gasteiger partial charge < -0.3 is 21.9 Å². The highest BCUT2D eigenvalue weighted by molar-refractivity contribution is 5.75. The van der Waals surface area contributed by atoms with Crippen molar-refractivity contribution in [2.45, 2.75) is 58.4 Å². The molecule has 0 heterocycles. The summed E-state index contributed by atoms with van der Waals surface area (Å²) in [6.45, 7) is 5.42. The summed E-state index contributed by atoms with van der Waals surface area (Å²) in [7, 11) is 0. The molecule has 6 heteroatoms. The van der Waals surface area contributed by atoms with Gasteiger partial charge in [-0.25, -0.2) is 0 Å². The van der Waals surface area contributed by atoms with Crippen molar-refractivity contribution < 1.29 is 9.90 Å². The van der Waals surface area contributed by atoms with E-state index < -0.39 is 12.0 Å². The largest absolute Gasteiger partial charge is 0.480 e. The minimum absolute atomic E-state index is 0.0628. The first kappa shape index (κ1) is 18.7. The van der Waals surface area contributed by atoms with E-state index in [1.165, 1.54) is 12.8 Å². The molecule has 0 spiro atoms. The molecule has 0 fully saturated rings. The zero-order chi connectivity index (χ0) is 15.4. The molecule has 0 aliphatic carbocycles. The minimum Gasteiger partial charge on any atom is -0.480 e. The second kappa shape index (κ2) is 11.5. The number of carboxylic acid groups (broad SMARTS) is 1. The molecule has 1 unspecified atom stereocenters. The summed E-state index contributed by atoms with van der Waals surface area (Å²) < 4.78 is 0. The number of nitrogens with two attached hydrogens (primary N) is 2. The van der Waals surface area contributed by atoms with E-state index in [2.05, 4.69) is 17.2 Å². The van der Waals surface area contributed by atoms with Crippen molar-refractivity contribution in [3.63, 3.8) is 0 Å². The highest BCUT2D eigenvalue weighted by Crippen LogP contribution is 2.12. The predicted octanol–water partition coefficient (Wildman–Crippen LogP) is 1.30. The van der Waals surface area contributed by atoms with E-state index >= 15 is 0 Å². The van der Waals surface area contributed by atoms with Crippen LogP contribution in [0.15, 0.2) is 4.99 Å². The molecule has 6 nitrogen and oxygen atoms in total. The quantitative estimate of drug-likeness (QED) is 0.245. The number of carboxylic acids is 1. The van der Waals surface area contributed by atoms with Crippen LogP contribution in [0.5, 0.6) is 0 Å². The van der Waals surface area contributed by atoms with Gasteiger partial charge in [-0.05, 0) is 31.7 Å². The van der Waals surface area contributed by atoms with E-state index in [0.717, 1.165) is 32.2 Å². The Morgan fingerprint density at radius 2 is 1.95 bits per heavy atom. The second-order valence-electron chi connectivity index (χ2n) is 5.26. The summed E-state index contributed by atoms with van der Waals surface area (Å²) in [5.41, 5.74) is 10.5. The fourth-order valence-electron chi connectivity index (χ4n) is 2.13. The molecule has 0 saturated carbocycles. The lowest BCUT2D eigenvalue weighted by Gasteiger charge is -2.21. The number of nitrogens with zero attached hydrogens (tertiary/aromatic N) is 1. The van der Waals surface area contributed by atoms with Crippen molar-refractivity contribution in [3.05, 3.63) is 0 Å². The Morgan fingerprint density at radius 3 is 2.50 bits per heavy atom. The summed E-state index contributed by atoms with van der Waals surface area (Å²) in [5, 5.41) is 12.4. The lowest BCUT2D eigenvalue weighted by atomic mass is 9.96. The van der Waals surface area contributed by atoms with Crippen LogP contribution in [0.4, 0.5) is 0 Å². The van der Waals surface area contributed by atoms with Gasteiger partial charge in [0.2, 0.25) is 0 Å². The number of nitrogens with one attached hydrogen (secondary N) is 1. The van der Waals surface area contributed by atoms with E-state index in [9.17, 15) is 9.90 Å². The van der Waals surface area contributed by atoms with Gasteiger partial charge in [-0.1, -0.05) is 33.1 Å². The topological polar surface area (TPSA) is 114 Å². The molecule has 0 aromatic rings. The molecule has 0 bridgehead atoms. The smallest absolute Gasteiger partial charge is 0.320 e. The third-order valence-electron chi connectivity index (χ3n) is 3.34. The van der Waals surface area contributed by atoms with Gasteiger partial charge in [0.15, 0.2) is 5.96 Å². The standard InChI is InChI=1S/C14H30N4O2/c1-3-4-5-6-9-17-12(13(19)20)11(2)8-7-10-18-14(15)16/h11-12,17H,3-10H2,1-2H3,(H,19,20)(H4,15,16,18)/t11?,12-/m0/s1. The van der Waals surface area contributed by atoms with Crippen LogP contribution in [0.2, 0.25) is 0 Å². The summed E-state index contributed by atoms with van der Waals surface area (Å²) >= 11 is 0. The maximum Gasteiger partial charge on any atom is 0.320 e. The van der Waals surface area contributed by atoms with Crippen LogP contribution < -0.4 is 16.8 Å². The number of carbonyl (C=O) groups is 1. The van der Waals surface area contributed by atoms with E-state index in [-0.39, 0.29) is 11.9 Å². The van der Waals surface area contributed by atoms with Crippen molar-refractivity contribution in [1.29, 1.82) is 0 Å². The van der Waals surface area contributed by atoms with E-state index in [4.69, 9.17) is 11.5 Å². The molecule has 0 rings (SSSR count). The fourth-order valence-corrected chi connectivity index (χ4v) is 2.13. The number of aliphatic carboxylic acids is 1. The second-order valence-corrected chi connectivity index (χ2v) is 5.26. The Kier molecular flexibility index (Phi) is 10.8. The van der Waals surface area contributed by atoms with Crippen molar-refractivity contribution >= 4 is 11.9 Å². The van der Waals surface area contributed by atoms with Gasteiger partial charge in [0.25, 0.3) is 0 Å². The molecule has 20 heavy (non-hydrogen) atoms. The highest BCUT2D eigenvalue weighted by atomic mass is 16.4. The zero-order valence-corrected chi connectivity index (χ0v) is 12.8. The summed E-state index contributed by atoms with van der Waals surface area (Å²) in [6.07, 6.45) is 6.14. The van der Waals surface area contributed by atoms with Gasteiger partial charge in [0.05, 0.1) is 0 Å². The van der Waals surface area contributed by atoms with Gasteiger partial charge in [-0.2, -0.15) is 0 Å². The van der Waals surface area contributed by atoms with E-state index in [0.29, 0.717) is 6.54 Å². The van der Waals surface area contributed by atoms with Gasteiger partial charge in [0.1, 0.15) is 6.04 Å². The van der Waals surface area contributed by atoms with Crippen molar-refractivity contribution in [2.75, 3.05) is 13.1 Å². The van der Waals surface area contributed by atoms with Crippen LogP contribution in [-0.4, -0.2) is 36.2 Å². The molecule has 118 valence electrons. The highest BCUT2D eigenvalue weighted by Gasteiger charge is 2.23. The number of unbranched alkanes of at least 4 members (excludes halogenated alkanes) is 3. The van der Waals surface area contributed by atoms with Crippen molar-refractivity contribution in [1.82, 2.24) is 5.32 Å². The summed E-state index contributed by atoms with van der Waals surface area (Å²) in [5.74, 6) is -0.635. The molecule has 0 amide bonds. The van der Waals surface area contributed by atoms with E-state index in [1.807, 2.05) is 6.92 Å². The monoisotopic (exact) mass is 286 g/mol. The number of hydrogen-bond acceptors (Lipinski definition) is 3. The van der Waals surface area contributed by atoms with Crippen molar-refractivity contribution in [2.24, 2.45) is 22.4 Å². The van der Waals surface area contributed by atoms with Crippen LogP contribution in [0, 0.1) is 5.92 Å². The Labute approximate surface area is 122 Å². The molecular weight excluding hydrogens is 256 g/mol. The maximum absolute atomic E-state index is 11.3. The molecule has 2 atom stereocenters. The first-order valence-corrected chi connectivity index (χ1v) is 7.50. The summed E-state index contributed by atoms with van der Waals surface area (Å²) in [6, 6.07) is -0.490.